The van der Waals surface area contributed by atoms with Gasteiger partial charge >= 0.3 is 0 Å². The van der Waals surface area contributed by atoms with Crippen molar-refractivity contribution in [3.63, 3.8) is 0 Å². The highest BCUT2D eigenvalue weighted by atomic mass is 35.5. The van der Waals surface area contributed by atoms with E-state index in [-0.39, 0.29) is 17.9 Å². The number of amides is 2. The minimum absolute atomic E-state index is 0.0378. The molecule has 1 saturated carbocycles. The van der Waals surface area contributed by atoms with E-state index in [9.17, 15) is 9.59 Å². The van der Waals surface area contributed by atoms with Gasteiger partial charge in [-0.25, -0.2) is 0 Å². The van der Waals surface area contributed by atoms with Crippen molar-refractivity contribution < 1.29 is 9.59 Å². The van der Waals surface area contributed by atoms with Crippen molar-refractivity contribution in [2.75, 3.05) is 5.75 Å². The van der Waals surface area contributed by atoms with Crippen molar-refractivity contribution in [3.05, 3.63) is 100 Å². The molecule has 1 atom stereocenters. The van der Waals surface area contributed by atoms with Gasteiger partial charge < -0.3 is 10.2 Å². The number of carbonyl (C=O) groups excluding carboxylic acids is 2. The summed E-state index contributed by atoms with van der Waals surface area (Å²) in [6, 6.07) is 24.7. The van der Waals surface area contributed by atoms with Crippen LogP contribution in [0.15, 0.2) is 83.8 Å². The molecule has 1 N–H and O–H groups in total. The van der Waals surface area contributed by atoms with E-state index in [0.29, 0.717) is 35.9 Å². The number of hydrogen-bond acceptors (Lipinski definition) is 3. The third-order valence-corrected chi connectivity index (χ3v) is 8.61. The van der Waals surface area contributed by atoms with Gasteiger partial charge in [0.05, 0.1) is 0 Å². The molecule has 4 nitrogen and oxygen atoms in total. The Bertz CT molecular complexity index is 1180. The van der Waals surface area contributed by atoms with Crippen LogP contribution in [-0.4, -0.2) is 34.6 Å². The SMILES string of the molecule is O=C(NC1CCCC1)[C@@H](Cc1ccccc1)N(Cc1ccccc1Cl)C(=O)CCCSc1ccc(Cl)cc1. The van der Waals surface area contributed by atoms with Gasteiger partial charge in [0, 0.05) is 40.4 Å². The summed E-state index contributed by atoms with van der Waals surface area (Å²) in [7, 11) is 0. The average Bonchev–Trinajstić information content (AvgIpc) is 3.44. The van der Waals surface area contributed by atoms with Crippen LogP contribution in [0.2, 0.25) is 10.0 Å². The first-order valence-electron chi connectivity index (χ1n) is 13.2. The molecule has 7 heteroatoms. The zero-order valence-electron chi connectivity index (χ0n) is 21.5. The molecule has 200 valence electrons. The van der Waals surface area contributed by atoms with E-state index in [1.54, 1.807) is 16.7 Å². The van der Waals surface area contributed by atoms with Crippen LogP contribution in [0.1, 0.15) is 49.7 Å². The molecule has 1 aliphatic carbocycles. The van der Waals surface area contributed by atoms with Gasteiger partial charge in [-0.2, -0.15) is 0 Å². The highest BCUT2D eigenvalue weighted by Gasteiger charge is 2.32. The zero-order valence-corrected chi connectivity index (χ0v) is 23.8. The Morgan fingerprint density at radius 1 is 0.921 bits per heavy atom. The first-order valence-corrected chi connectivity index (χ1v) is 15.0. The lowest BCUT2D eigenvalue weighted by Gasteiger charge is -2.32. The van der Waals surface area contributed by atoms with Gasteiger partial charge in [0.2, 0.25) is 11.8 Å². The first kappa shape index (κ1) is 28.5. The number of nitrogens with one attached hydrogen (secondary N) is 1. The Kier molecular flexibility index (Phi) is 11.0. The smallest absolute Gasteiger partial charge is 0.243 e. The second-order valence-electron chi connectivity index (χ2n) is 9.71. The Morgan fingerprint density at radius 2 is 1.61 bits per heavy atom. The lowest BCUT2D eigenvalue weighted by Crippen LogP contribution is -2.52. The number of rotatable bonds is 12. The maximum absolute atomic E-state index is 13.8. The van der Waals surface area contributed by atoms with E-state index >= 15 is 0 Å². The molecular weight excluding hydrogens is 535 g/mol. The summed E-state index contributed by atoms with van der Waals surface area (Å²) in [6.07, 6.45) is 5.74. The summed E-state index contributed by atoms with van der Waals surface area (Å²) < 4.78 is 0. The van der Waals surface area contributed by atoms with Gasteiger partial charge in [0.25, 0.3) is 0 Å². The zero-order chi connectivity index (χ0) is 26.7. The fraction of sp³-hybridized carbons (Fsp3) is 0.355. The van der Waals surface area contributed by atoms with Crippen molar-refractivity contribution in [2.24, 2.45) is 0 Å². The molecule has 4 rings (SSSR count). The summed E-state index contributed by atoms with van der Waals surface area (Å²) in [5.74, 6) is 0.672. The molecule has 0 heterocycles. The van der Waals surface area contributed by atoms with Gasteiger partial charge in [0.1, 0.15) is 6.04 Å². The molecule has 1 fully saturated rings. The first-order chi connectivity index (χ1) is 18.5. The molecular formula is C31H34Cl2N2O2S. The van der Waals surface area contributed by atoms with E-state index in [4.69, 9.17) is 23.2 Å². The van der Waals surface area contributed by atoms with Gasteiger partial charge in [-0.1, -0.05) is 84.6 Å². The van der Waals surface area contributed by atoms with Crippen LogP contribution in [0.3, 0.4) is 0 Å². The maximum atomic E-state index is 13.8. The van der Waals surface area contributed by atoms with Crippen LogP contribution in [0.4, 0.5) is 0 Å². The van der Waals surface area contributed by atoms with Crippen molar-refractivity contribution >= 4 is 46.8 Å². The number of hydrogen-bond donors (Lipinski definition) is 1. The monoisotopic (exact) mass is 568 g/mol. The predicted molar refractivity (Wildman–Crippen MR) is 158 cm³/mol. The largest absolute Gasteiger partial charge is 0.352 e. The highest BCUT2D eigenvalue weighted by molar-refractivity contribution is 7.99. The Morgan fingerprint density at radius 3 is 2.32 bits per heavy atom. The van der Waals surface area contributed by atoms with Crippen LogP contribution < -0.4 is 5.32 Å². The third-order valence-electron chi connectivity index (χ3n) is 6.89. The van der Waals surface area contributed by atoms with Crippen LogP contribution >= 0.6 is 35.0 Å². The summed E-state index contributed by atoms with van der Waals surface area (Å²) >= 11 is 14.2. The standard InChI is InChI=1S/C31H34Cl2N2O2S/c32-25-16-18-27(19-17-25)38-20-8-15-30(36)35(22-24-11-4-7-14-28(24)33)29(21-23-9-2-1-3-10-23)31(37)34-26-12-5-6-13-26/h1-4,7,9-11,14,16-19,26,29H,5-6,8,12-13,15,20-22H2,(H,34,37)/t29-/m1/s1. The van der Waals surface area contributed by atoms with Gasteiger partial charge in [-0.3, -0.25) is 9.59 Å². The molecule has 1 aliphatic rings. The minimum atomic E-state index is -0.620. The summed E-state index contributed by atoms with van der Waals surface area (Å²) in [4.78, 5) is 30.3. The fourth-order valence-electron chi connectivity index (χ4n) is 4.82. The molecule has 0 aliphatic heterocycles. The number of carbonyl (C=O) groups is 2. The Labute approximate surface area is 240 Å². The number of benzene rings is 3. The summed E-state index contributed by atoms with van der Waals surface area (Å²) in [5.41, 5.74) is 1.86. The second kappa shape index (κ2) is 14.6. The van der Waals surface area contributed by atoms with Gasteiger partial charge in [-0.05, 0) is 66.5 Å². The topological polar surface area (TPSA) is 49.4 Å². The molecule has 0 aromatic heterocycles. The number of nitrogens with zero attached hydrogens (tertiary/aromatic N) is 1. The second-order valence-corrected chi connectivity index (χ2v) is 11.7. The van der Waals surface area contributed by atoms with Crippen molar-refractivity contribution in [1.82, 2.24) is 10.2 Å². The summed E-state index contributed by atoms with van der Waals surface area (Å²) in [6.45, 7) is 0.290. The Balaban J connectivity index is 1.52. The molecule has 0 spiro atoms. The normalized spacial score (nSPS) is 14.3. The molecule has 0 radical (unpaired) electrons. The van der Waals surface area contributed by atoms with Gasteiger partial charge in [0.15, 0.2) is 0 Å². The molecule has 3 aromatic carbocycles. The lowest BCUT2D eigenvalue weighted by molar-refractivity contribution is -0.141. The average molecular weight is 570 g/mol. The number of thioether (sulfide) groups is 1. The van der Waals surface area contributed by atoms with E-state index in [1.165, 1.54) is 0 Å². The van der Waals surface area contributed by atoms with E-state index < -0.39 is 6.04 Å². The van der Waals surface area contributed by atoms with Crippen molar-refractivity contribution in [2.45, 2.75) is 68.5 Å². The molecule has 38 heavy (non-hydrogen) atoms. The van der Waals surface area contributed by atoms with Crippen LogP contribution in [0.25, 0.3) is 0 Å². The molecule has 0 unspecified atom stereocenters. The molecule has 0 saturated heterocycles. The van der Waals surface area contributed by atoms with Crippen molar-refractivity contribution in [1.29, 1.82) is 0 Å². The van der Waals surface area contributed by atoms with E-state index in [1.807, 2.05) is 78.9 Å². The molecule has 0 bridgehead atoms. The lowest BCUT2D eigenvalue weighted by atomic mass is 10.0. The third kappa shape index (κ3) is 8.52. The molecule has 2 amide bonds. The predicted octanol–water partition coefficient (Wildman–Crippen LogP) is 7.56. The Hall–Kier alpha value is -2.47. The van der Waals surface area contributed by atoms with Crippen LogP contribution in [0.5, 0.6) is 0 Å². The van der Waals surface area contributed by atoms with Crippen LogP contribution in [0, 0.1) is 0 Å². The van der Waals surface area contributed by atoms with Crippen LogP contribution in [-0.2, 0) is 22.6 Å². The molecule has 3 aromatic rings. The number of halogens is 2. The summed E-state index contributed by atoms with van der Waals surface area (Å²) in [5, 5.41) is 4.55. The van der Waals surface area contributed by atoms with E-state index in [0.717, 1.165) is 47.5 Å². The fourth-order valence-corrected chi connectivity index (χ4v) is 5.99. The van der Waals surface area contributed by atoms with E-state index in [2.05, 4.69) is 5.32 Å². The van der Waals surface area contributed by atoms with Crippen molar-refractivity contribution in [3.8, 4) is 0 Å². The minimum Gasteiger partial charge on any atom is -0.352 e. The maximum Gasteiger partial charge on any atom is 0.243 e. The quantitative estimate of drug-likeness (QED) is 0.181. The van der Waals surface area contributed by atoms with Gasteiger partial charge in [-0.15, -0.1) is 11.8 Å². The highest BCUT2D eigenvalue weighted by Crippen LogP contribution is 2.25.